The molecule has 0 aliphatic carbocycles. The van der Waals surface area contributed by atoms with Crippen LogP contribution in [-0.4, -0.2) is 16.5 Å². The number of benzene rings is 1. The lowest BCUT2D eigenvalue weighted by Gasteiger charge is -2.09. The average Bonchev–Trinajstić information content (AvgIpc) is 3.04. The molecule has 3 nitrogen and oxygen atoms in total. The van der Waals surface area contributed by atoms with E-state index in [0.29, 0.717) is 0 Å². The van der Waals surface area contributed by atoms with Crippen molar-refractivity contribution >= 4 is 46.2 Å². The second kappa shape index (κ2) is 6.14. The first-order valence-electron chi connectivity index (χ1n) is 6.17. The number of hydrogen-bond donors (Lipinski definition) is 2. The second-order valence-corrected chi connectivity index (χ2v) is 5.50. The van der Waals surface area contributed by atoms with Gasteiger partial charge in [-0.25, -0.2) is 4.98 Å². The molecule has 0 saturated carbocycles. The molecule has 0 saturated heterocycles. The highest BCUT2D eigenvalue weighted by Gasteiger charge is 2.16. The molecule has 106 valence electrons. The van der Waals surface area contributed by atoms with Crippen molar-refractivity contribution in [3.8, 4) is 11.4 Å². The Hall–Kier alpha value is -1.07. The number of H-pyrrole nitrogens is 1. The summed E-state index contributed by atoms with van der Waals surface area (Å²) in [6.07, 6.45) is 1.02. The summed E-state index contributed by atoms with van der Waals surface area (Å²) < 4.78 is 1.32. The third-order valence-electron chi connectivity index (χ3n) is 3.44. The van der Waals surface area contributed by atoms with Gasteiger partial charge in [-0.3, -0.25) is 0 Å². The van der Waals surface area contributed by atoms with Gasteiger partial charge in [-0.1, -0.05) is 12.1 Å². The first-order chi connectivity index (χ1) is 8.92. The number of thiophene rings is 1. The Morgan fingerprint density at radius 3 is 2.90 bits per heavy atom. The van der Waals surface area contributed by atoms with E-state index in [2.05, 4.69) is 39.9 Å². The summed E-state index contributed by atoms with van der Waals surface area (Å²) in [5, 5.41) is 6.80. The number of halogens is 2. The minimum atomic E-state index is 0. The van der Waals surface area contributed by atoms with Crippen LogP contribution in [0.4, 0.5) is 0 Å². The summed E-state index contributed by atoms with van der Waals surface area (Å²) in [7, 11) is 0. The number of hydrogen-bond acceptors (Lipinski definition) is 3. The molecule has 4 rings (SSSR count). The third kappa shape index (κ3) is 2.44. The molecule has 0 fully saturated rings. The highest BCUT2D eigenvalue weighted by atomic mass is 35.5. The molecule has 0 amide bonds. The van der Waals surface area contributed by atoms with Crippen LogP contribution >= 0.6 is 36.2 Å². The van der Waals surface area contributed by atoms with Gasteiger partial charge in [0.05, 0.1) is 11.4 Å². The lowest BCUT2D eigenvalue weighted by atomic mass is 10.1. The van der Waals surface area contributed by atoms with Gasteiger partial charge in [0.15, 0.2) is 0 Å². The highest BCUT2D eigenvalue weighted by Crippen LogP contribution is 2.31. The van der Waals surface area contributed by atoms with Crippen LogP contribution in [0, 0.1) is 0 Å². The molecule has 3 aromatic rings. The van der Waals surface area contributed by atoms with Crippen LogP contribution in [0.5, 0.6) is 0 Å². The van der Waals surface area contributed by atoms with Crippen molar-refractivity contribution in [2.45, 2.75) is 13.0 Å². The summed E-state index contributed by atoms with van der Waals surface area (Å²) in [5.41, 5.74) is 3.68. The Morgan fingerprint density at radius 1 is 1.15 bits per heavy atom. The van der Waals surface area contributed by atoms with Crippen LogP contribution in [-0.2, 0) is 13.0 Å². The normalized spacial score (nSPS) is 13.4. The molecule has 0 radical (unpaired) electrons. The fraction of sp³-hybridized carbons (Fsp3) is 0.214. The molecule has 2 aromatic heterocycles. The summed E-state index contributed by atoms with van der Waals surface area (Å²) in [6, 6.07) is 8.56. The van der Waals surface area contributed by atoms with Crippen molar-refractivity contribution in [3.05, 3.63) is 41.0 Å². The quantitative estimate of drug-likeness (QED) is 0.714. The predicted octanol–water partition coefficient (Wildman–Crippen LogP) is 3.78. The Balaban J connectivity index is 0.000000735. The van der Waals surface area contributed by atoms with Gasteiger partial charge in [-0.2, -0.15) is 0 Å². The van der Waals surface area contributed by atoms with E-state index in [-0.39, 0.29) is 24.8 Å². The Bertz CT molecular complexity index is 697. The molecular formula is C14H15Cl2N3S. The van der Waals surface area contributed by atoms with Crippen LogP contribution in [0.3, 0.4) is 0 Å². The van der Waals surface area contributed by atoms with Crippen LogP contribution in [0.2, 0.25) is 0 Å². The van der Waals surface area contributed by atoms with E-state index >= 15 is 0 Å². The van der Waals surface area contributed by atoms with Crippen LogP contribution in [0.15, 0.2) is 29.6 Å². The van der Waals surface area contributed by atoms with Gasteiger partial charge < -0.3 is 10.3 Å². The van der Waals surface area contributed by atoms with E-state index in [1.807, 2.05) is 0 Å². The van der Waals surface area contributed by atoms with Crippen molar-refractivity contribution in [1.29, 1.82) is 0 Å². The molecule has 0 spiro atoms. The fourth-order valence-corrected chi connectivity index (χ4v) is 3.44. The SMILES string of the molecule is Cl.Cl.c1cc(-c2nc3c([nH]2)CNCC3)c2sccc2c1. The number of nitrogens with zero attached hydrogens (tertiary/aromatic N) is 1. The van der Waals surface area contributed by atoms with Crippen molar-refractivity contribution < 1.29 is 0 Å². The van der Waals surface area contributed by atoms with E-state index in [9.17, 15) is 0 Å². The van der Waals surface area contributed by atoms with Crippen molar-refractivity contribution in [2.24, 2.45) is 0 Å². The van der Waals surface area contributed by atoms with Gasteiger partial charge in [0.1, 0.15) is 5.82 Å². The summed E-state index contributed by atoms with van der Waals surface area (Å²) in [4.78, 5) is 8.23. The Kier molecular flexibility index (Phi) is 4.70. The van der Waals surface area contributed by atoms with Gasteiger partial charge in [0.2, 0.25) is 0 Å². The van der Waals surface area contributed by atoms with E-state index in [1.165, 1.54) is 27.0 Å². The average molecular weight is 328 g/mol. The highest BCUT2D eigenvalue weighted by molar-refractivity contribution is 7.17. The maximum absolute atomic E-state index is 4.76. The largest absolute Gasteiger partial charge is 0.341 e. The third-order valence-corrected chi connectivity index (χ3v) is 4.40. The molecule has 2 N–H and O–H groups in total. The molecule has 0 bridgehead atoms. The smallest absolute Gasteiger partial charge is 0.139 e. The summed E-state index contributed by atoms with van der Waals surface area (Å²) >= 11 is 1.78. The lowest BCUT2D eigenvalue weighted by molar-refractivity contribution is 0.627. The van der Waals surface area contributed by atoms with Crippen molar-refractivity contribution in [1.82, 2.24) is 15.3 Å². The van der Waals surface area contributed by atoms with Crippen LogP contribution in [0.1, 0.15) is 11.4 Å². The first kappa shape index (κ1) is 15.3. The van der Waals surface area contributed by atoms with Crippen LogP contribution in [0.25, 0.3) is 21.5 Å². The van der Waals surface area contributed by atoms with Gasteiger partial charge in [-0.05, 0) is 22.9 Å². The van der Waals surface area contributed by atoms with Gasteiger partial charge in [0.25, 0.3) is 0 Å². The number of imidazole rings is 1. The predicted molar refractivity (Wildman–Crippen MR) is 89.3 cm³/mol. The molecule has 1 aliphatic heterocycles. The molecule has 3 heterocycles. The molecular weight excluding hydrogens is 313 g/mol. The second-order valence-electron chi connectivity index (χ2n) is 4.58. The molecule has 20 heavy (non-hydrogen) atoms. The topological polar surface area (TPSA) is 40.7 Å². The van der Waals surface area contributed by atoms with Gasteiger partial charge in [0, 0.05) is 29.8 Å². The Labute approximate surface area is 133 Å². The molecule has 1 aliphatic rings. The van der Waals surface area contributed by atoms with Crippen LogP contribution < -0.4 is 5.32 Å². The minimum Gasteiger partial charge on any atom is -0.341 e. The molecule has 1 aromatic carbocycles. The Morgan fingerprint density at radius 2 is 2.05 bits per heavy atom. The van der Waals surface area contributed by atoms with Crippen molar-refractivity contribution in [3.63, 3.8) is 0 Å². The van der Waals surface area contributed by atoms with Gasteiger partial charge in [-0.15, -0.1) is 36.2 Å². The molecule has 0 unspecified atom stereocenters. The molecule has 6 heteroatoms. The number of aromatic amines is 1. The summed E-state index contributed by atoms with van der Waals surface area (Å²) in [5.74, 6) is 1.01. The van der Waals surface area contributed by atoms with E-state index in [4.69, 9.17) is 4.98 Å². The number of nitrogens with one attached hydrogen (secondary N) is 2. The van der Waals surface area contributed by atoms with Gasteiger partial charge >= 0.3 is 0 Å². The van der Waals surface area contributed by atoms with Crippen molar-refractivity contribution in [2.75, 3.05) is 6.54 Å². The monoisotopic (exact) mass is 327 g/mol. The fourth-order valence-electron chi connectivity index (χ4n) is 2.53. The van der Waals surface area contributed by atoms with E-state index in [0.717, 1.165) is 25.3 Å². The lowest BCUT2D eigenvalue weighted by Crippen LogP contribution is -2.23. The number of rotatable bonds is 1. The number of fused-ring (bicyclic) bond motifs is 2. The minimum absolute atomic E-state index is 0. The summed E-state index contributed by atoms with van der Waals surface area (Å²) in [6.45, 7) is 1.93. The zero-order valence-corrected chi connectivity index (χ0v) is 13.1. The molecule has 0 atom stereocenters. The zero-order valence-electron chi connectivity index (χ0n) is 10.7. The maximum atomic E-state index is 4.76. The zero-order chi connectivity index (χ0) is 11.9. The van der Waals surface area contributed by atoms with E-state index in [1.54, 1.807) is 11.3 Å². The standard InChI is InChI=1S/C14H13N3S.2ClH/c1-2-9-5-7-18-13(9)10(3-1)14-16-11-4-6-15-8-12(11)17-14;;/h1-3,5,7,15H,4,6,8H2,(H,16,17);2*1H. The number of aromatic nitrogens is 2. The van der Waals surface area contributed by atoms with E-state index < -0.39 is 0 Å². The maximum Gasteiger partial charge on any atom is 0.139 e. The first-order valence-corrected chi connectivity index (χ1v) is 7.05.